The summed E-state index contributed by atoms with van der Waals surface area (Å²) in [5.74, 6) is 0.716. The largest absolute Gasteiger partial charge is 0.313 e. The first-order valence-corrected chi connectivity index (χ1v) is 7.78. The van der Waals surface area contributed by atoms with Crippen molar-refractivity contribution in [3.63, 3.8) is 0 Å². The quantitative estimate of drug-likeness (QED) is 0.790. The molecule has 0 bridgehead atoms. The lowest BCUT2D eigenvalue weighted by molar-refractivity contribution is 0.566. The van der Waals surface area contributed by atoms with E-state index in [1.807, 2.05) is 30.5 Å². The van der Waals surface area contributed by atoms with Gasteiger partial charge in [-0.3, -0.25) is 4.98 Å². The Morgan fingerprint density at radius 1 is 1.25 bits per heavy atom. The molecule has 0 amide bonds. The Balaban J connectivity index is 1.92. The Kier molecular flexibility index (Phi) is 6.02. The van der Waals surface area contributed by atoms with Gasteiger partial charge in [0.05, 0.1) is 0 Å². The van der Waals surface area contributed by atoms with E-state index in [-0.39, 0.29) is 5.82 Å². The standard InChI is InChI=1S/C16H19FN2S/c1-2-18-15(11-14-7-3-4-9-19-14)12-20-16-8-5-6-13(17)10-16/h3-10,15,18H,2,11-12H2,1H3. The van der Waals surface area contributed by atoms with Crippen LogP contribution in [0.15, 0.2) is 53.6 Å². The molecular formula is C16H19FN2S. The third kappa shape index (κ3) is 4.94. The van der Waals surface area contributed by atoms with E-state index in [9.17, 15) is 4.39 Å². The first kappa shape index (κ1) is 15.0. The number of likely N-dealkylation sites (N-methyl/N-ethyl adjacent to an activating group) is 1. The van der Waals surface area contributed by atoms with Gasteiger partial charge >= 0.3 is 0 Å². The highest BCUT2D eigenvalue weighted by Gasteiger charge is 2.10. The van der Waals surface area contributed by atoms with Crippen LogP contribution in [0.3, 0.4) is 0 Å². The van der Waals surface area contributed by atoms with Crippen LogP contribution < -0.4 is 5.32 Å². The monoisotopic (exact) mass is 290 g/mol. The third-order valence-electron chi connectivity index (χ3n) is 2.92. The first-order valence-electron chi connectivity index (χ1n) is 6.79. The molecule has 1 aromatic carbocycles. The molecule has 0 fully saturated rings. The van der Waals surface area contributed by atoms with Crippen molar-refractivity contribution in [3.05, 3.63) is 60.2 Å². The molecule has 0 aliphatic rings. The number of pyridine rings is 1. The average Bonchev–Trinajstić information content (AvgIpc) is 2.46. The van der Waals surface area contributed by atoms with Crippen molar-refractivity contribution in [1.29, 1.82) is 0 Å². The number of halogens is 1. The second-order valence-corrected chi connectivity index (χ2v) is 5.64. The molecule has 0 aliphatic heterocycles. The van der Waals surface area contributed by atoms with Crippen molar-refractivity contribution >= 4 is 11.8 Å². The zero-order valence-electron chi connectivity index (χ0n) is 11.6. The van der Waals surface area contributed by atoms with Crippen molar-refractivity contribution in [2.75, 3.05) is 12.3 Å². The predicted octanol–water partition coefficient (Wildman–Crippen LogP) is 3.53. The minimum atomic E-state index is -0.181. The van der Waals surface area contributed by atoms with E-state index in [1.165, 1.54) is 6.07 Å². The molecule has 2 rings (SSSR count). The van der Waals surface area contributed by atoms with Gasteiger partial charge in [-0.05, 0) is 36.9 Å². The Labute approximate surface area is 123 Å². The van der Waals surface area contributed by atoms with Crippen molar-refractivity contribution in [1.82, 2.24) is 10.3 Å². The van der Waals surface area contributed by atoms with Crippen LogP contribution in [-0.4, -0.2) is 23.3 Å². The van der Waals surface area contributed by atoms with Gasteiger partial charge < -0.3 is 5.32 Å². The van der Waals surface area contributed by atoms with Crippen molar-refractivity contribution in [2.24, 2.45) is 0 Å². The van der Waals surface area contributed by atoms with E-state index in [4.69, 9.17) is 0 Å². The predicted molar refractivity (Wildman–Crippen MR) is 82.5 cm³/mol. The Bertz CT molecular complexity index is 519. The number of hydrogen-bond donors (Lipinski definition) is 1. The summed E-state index contributed by atoms with van der Waals surface area (Å²) in [6.07, 6.45) is 2.70. The minimum Gasteiger partial charge on any atom is -0.313 e. The molecule has 0 spiro atoms. The Morgan fingerprint density at radius 2 is 2.15 bits per heavy atom. The lowest BCUT2D eigenvalue weighted by atomic mass is 10.1. The van der Waals surface area contributed by atoms with Crippen molar-refractivity contribution < 1.29 is 4.39 Å². The van der Waals surface area contributed by atoms with Gasteiger partial charge in [0.25, 0.3) is 0 Å². The second-order valence-electron chi connectivity index (χ2n) is 4.55. The highest BCUT2D eigenvalue weighted by Crippen LogP contribution is 2.20. The average molecular weight is 290 g/mol. The van der Waals surface area contributed by atoms with Crippen LogP contribution >= 0.6 is 11.8 Å². The van der Waals surface area contributed by atoms with E-state index in [0.717, 1.165) is 29.3 Å². The van der Waals surface area contributed by atoms with Crippen molar-refractivity contribution in [2.45, 2.75) is 24.3 Å². The van der Waals surface area contributed by atoms with Gasteiger partial charge in [0.2, 0.25) is 0 Å². The van der Waals surface area contributed by atoms with Crippen LogP contribution in [0.25, 0.3) is 0 Å². The summed E-state index contributed by atoms with van der Waals surface area (Å²) in [6, 6.07) is 13.0. The van der Waals surface area contributed by atoms with Crippen molar-refractivity contribution in [3.8, 4) is 0 Å². The summed E-state index contributed by atoms with van der Waals surface area (Å²) < 4.78 is 13.1. The van der Waals surface area contributed by atoms with Gasteiger partial charge in [0, 0.05) is 35.0 Å². The molecule has 0 radical (unpaired) electrons. The Hall–Kier alpha value is -1.39. The van der Waals surface area contributed by atoms with Gasteiger partial charge in [-0.15, -0.1) is 11.8 Å². The summed E-state index contributed by atoms with van der Waals surface area (Å²) in [5, 5.41) is 3.46. The zero-order chi connectivity index (χ0) is 14.2. The Morgan fingerprint density at radius 3 is 2.85 bits per heavy atom. The molecule has 1 aromatic heterocycles. The van der Waals surface area contributed by atoms with Gasteiger partial charge in [-0.2, -0.15) is 0 Å². The summed E-state index contributed by atoms with van der Waals surface area (Å²) >= 11 is 1.67. The fourth-order valence-electron chi connectivity index (χ4n) is 2.00. The maximum atomic E-state index is 13.1. The van der Waals surface area contributed by atoms with E-state index in [2.05, 4.69) is 17.2 Å². The maximum Gasteiger partial charge on any atom is 0.124 e. The van der Waals surface area contributed by atoms with E-state index >= 15 is 0 Å². The minimum absolute atomic E-state index is 0.181. The normalized spacial score (nSPS) is 12.3. The van der Waals surface area contributed by atoms with Crippen LogP contribution in [-0.2, 0) is 6.42 Å². The molecule has 1 atom stereocenters. The fourth-order valence-corrected chi connectivity index (χ4v) is 3.00. The SMILES string of the molecule is CCNC(CSc1cccc(F)c1)Cc1ccccn1. The van der Waals surface area contributed by atoms with Gasteiger partial charge in [0.15, 0.2) is 0 Å². The number of nitrogens with one attached hydrogen (secondary N) is 1. The third-order valence-corrected chi connectivity index (χ3v) is 4.08. The van der Waals surface area contributed by atoms with E-state index in [1.54, 1.807) is 23.9 Å². The van der Waals surface area contributed by atoms with Gasteiger partial charge in [-0.25, -0.2) is 4.39 Å². The molecule has 0 aliphatic carbocycles. The molecular weight excluding hydrogens is 271 g/mol. The van der Waals surface area contributed by atoms with Crippen LogP contribution in [0.1, 0.15) is 12.6 Å². The van der Waals surface area contributed by atoms with Crippen LogP contribution in [0.4, 0.5) is 4.39 Å². The molecule has 4 heteroatoms. The number of nitrogens with zero attached hydrogens (tertiary/aromatic N) is 1. The molecule has 0 saturated carbocycles. The van der Waals surface area contributed by atoms with Crippen LogP contribution in [0, 0.1) is 5.82 Å². The topological polar surface area (TPSA) is 24.9 Å². The zero-order valence-corrected chi connectivity index (χ0v) is 12.4. The molecule has 106 valence electrons. The molecule has 0 saturated heterocycles. The summed E-state index contributed by atoms with van der Waals surface area (Å²) in [4.78, 5) is 5.33. The lowest BCUT2D eigenvalue weighted by Crippen LogP contribution is -2.33. The van der Waals surface area contributed by atoms with E-state index in [0.29, 0.717) is 6.04 Å². The van der Waals surface area contributed by atoms with Gasteiger partial charge in [-0.1, -0.05) is 19.1 Å². The number of rotatable bonds is 7. The molecule has 2 aromatic rings. The van der Waals surface area contributed by atoms with Crippen LogP contribution in [0.5, 0.6) is 0 Å². The highest BCUT2D eigenvalue weighted by atomic mass is 32.2. The molecule has 20 heavy (non-hydrogen) atoms. The number of hydrogen-bond acceptors (Lipinski definition) is 3. The summed E-state index contributed by atoms with van der Waals surface area (Å²) in [6.45, 7) is 3.01. The first-order chi connectivity index (χ1) is 9.78. The molecule has 1 N–H and O–H groups in total. The lowest BCUT2D eigenvalue weighted by Gasteiger charge is -2.17. The molecule has 1 heterocycles. The number of benzene rings is 1. The fraction of sp³-hybridized carbons (Fsp3) is 0.312. The summed E-state index contributed by atoms with van der Waals surface area (Å²) in [7, 11) is 0. The summed E-state index contributed by atoms with van der Waals surface area (Å²) in [5.41, 5.74) is 1.08. The number of aromatic nitrogens is 1. The smallest absolute Gasteiger partial charge is 0.124 e. The highest BCUT2D eigenvalue weighted by molar-refractivity contribution is 7.99. The molecule has 2 nitrogen and oxygen atoms in total. The van der Waals surface area contributed by atoms with Crippen LogP contribution in [0.2, 0.25) is 0 Å². The van der Waals surface area contributed by atoms with Gasteiger partial charge in [0.1, 0.15) is 5.82 Å². The second kappa shape index (κ2) is 8.02. The maximum absolute atomic E-state index is 13.1. The molecule has 1 unspecified atom stereocenters. The van der Waals surface area contributed by atoms with E-state index < -0.39 is 0 Å². The number of thioether (sulfide) groups is 1.